The van der Waals surface area contributed by atoms with Gasteiger partial charge in [0.15, 0.2) is 9.84 Å². The molecule has 11 heteroatoms. The molecule has 1 aromatic carbocycles. The Hall–Kier alpha value is -1.01. The monoisotopic (exact) mass is 356 g/mol. The van der Waals surface area contributed by atoms with E-state index in [1.165, 1.54) is 12.1 Å². The van der Waals surface area contributed by atoms with E-state index in [9.17, 15) is 25.3 Å². The Labute approximate surface area is 124 Å². The van der Waals surface area contributed by atoms with Gasteiger partial charge < -0.3 is 0 Å². The van der Waals surface area contributed by atoms with Crippen LogP contribution in [0.3, 0.4) is 0 Å². The van der Waals surface area contributed by atoms with Gasteiger partial charge in [-0.05, 0) is 12.1 Å². The number of nitrogens with one attached hydrogen (secondary N) is 1. The molecule has 0 aliphatic rings. The molecule has 0 heterocycles. The van der Waals surface area contributed by atoms with Crippen molar-refractivity contribution in [1.82, 2.24) is 4.72 Å². The van der Waals surface area contributed by atoms with Crippen molar-refractivity contribution in [3.8, 4) is 0 Å². The molecule has 0 aliphatic carbocycles. The van der Waals surface area contributed by atoms with Crippen molar-refractivity contribution < 1.29 is 25.3 Å². The summed E-state index contributed by atoms with van der Waals surface area (Å²) in [4.78, 5) is -0.865. The summed E-state index contributed by atoms with van der Waals surface area (Å²) in [6, 6.07) is 4.99. The fraction of sp³-hybridized carbons (Fsp3) is 0.400. The quantitative estimate of drug-likeness (QED) is 0.645. The van der Waals surface area contributed by atoms with E-state index in [-0.39, 0.29) is 6.54 Å². The fourth-order valence-electron chi connectivity index (χ4n) is 1.53. The highest BCUT2D eigenvalue weighted by Gasteiger charge is 2.26. The van der Waals surface area contributed by atoms with E-state index in [0.717, 1.165) is 12.1 Å². The van der Waals surface area contributed by atoms with Crippen LogP contribution in [0, 0.1) is 0 Å². The summed E-state index contributed by atoms with van der Waals surface area (Å²) in [5, 5.41) is 4.77. The van der Waals surface area contributed by atoms with Crippen molar-refractivity contribution >= 4 is 29.9 Å². The van der Waals surface area contributed by atoms with Crippen LogP contribution >= 0.6 is 0 Å². The van der Waals surface area contributed by atoms with Crippen LogP contribution in [0.4, 0.5) is 0 Å². The topological polar surface area (TPSA) is 140 Å². The smallest absolute Gasteiger partial charge is 0.229 e. The first-order chi connectivity index (χ1) is 9.49. The first-order valence-corrected chi connectivity index (χ1v) is 10.7. The number of sulfone groups is 1. The molecule has 0 bridgehead atoms. The molecule has 0 atom stereocenters. The summed E-state index contributed by atoms with van der Waals surface area (Å²) in [5.41, 5.74) is 0. The zero-order valence-electron chi connectivity index (χ0n) is 11.2. The SMILES string of the molecule is CCNS(=O)(=O)c1ccccc1S(=O)(=O)CCS(N)(=O)=O. The molecule has 0 amide bonds. The van der Waals surface area contributed by atoms with Crippen molar-refractivity contribution in [1.29, 1.82) is 0 Å². The second kappa shape index (κ2) is 6.40. The summed E-state index contributed by atoms with van der Waals surface area (Å²) in [5.74, 6) is -1.57. The number of sulfonamides is 2. The lowest BCUT2D eigenvalue weighted by Crippen LogP contribution is -2.27. The predicted octanol–water partition coefficient (Wildman–Crippen LogP) is -0.953. The van der Waals surface area contributed by atoms with Crippen molar-refractivity contribution in [2.24, 2.45) is 5.14 Å². The second-order valence-electron chi connectivity index (χ2n) is 4.13. The van der Waals surface area contributed by atoms with Gasteiger partial charge in [-0.1, -0.05) is 19.1 Å². The maximum absolute atomic E-state index is 12.1. The first kappa shape index (κ1) is 18.0. The Morgan fingerprint density at radius 3 is 1.95 bits per heavy atom. The van der Waals surface area contributed by atoms with Crippen LogP contribution in [0.5, 0.6) is 0 Å². The molecule has 0 unspecified atom stereocenters. The van der Waals surface area contributed by atoms with E-state index in [2.05, 4.69) is 4.72 Å². The minimum absolute atomic E-state index is 0.0912. The van der Waals surface area contributed by atoms with Gasteiger partial charge in [0.1, 0.15) is 4.90 Å². The van der Waals surface area contributed by atoms with Gasteiger partial charge in [-0.3, -0.25) is 0 Å². The molecule has 8 nitrogen and oxygen atoms in total. The molecule has 120 valence electrons. The normalized spacial score (nSPS) is 13.2. The number of nitrogens with two attached hydrogens (primary N) is 1. The summed E-state index contributed by atoms with van der Waals surface area (Å²) in [7, 11) is -12.1. The summed E-state index contributed by atoms with van der Waals surface area (Å²) >= 11 is 0. The average molecular weight is 356 g/mol. The van der Waals surface area contributed by atoms with Gasteiger partial charge in [0, 0.05) is 6.54 Å². The van der Waals surface area contributed by atoms with Crippen molar-refractivity contribution in [3.05, 3.63) is 24.3 Å². The van der Waals surface area contributed by atoms with Gasteiger partial charge in [-0.25, -0.2) is 35.1 Å². The lowest BCUT2D eigenvalue weighted by atomic mass is 10.4. The first-order valence-electron chi connectivity index (χ1n) is 5.81. The van der Waals surface area contributed by atoms with E-state index in [1.807, 2.05) is 0 Å². The second-order valence-corrected chi connectivity index (χ2v) is 9.68. The number of hydrogen-bond acceptors (Lipinski definition) is 6. The summed E-state index contributed by atoms with van der Waals surface area (Å²) in [6.45, 7) is 1.64. The maximum Gasteiger partial charge on any atom is 0.241 e. The third-order valence-electron chi connectivity index (χ3n) is 2.44. The molecule has 21 heavy (non-hydrogen) atoms. The molecule has 3 N–H and O–H groups in total. The van der Waals surface area contributed by atoms with Gasteiger partial charge in [0.25, 0.3) is 0 Å². The zero-order valence-corrected chi connectivity index (χ0v) is 13.6. The third kappa shape index (κ3) is 5.04. The standard InChI is InChI=1S/C10H16N2O6S3/c1-2-12-21(17,18)10-6-4-3-5-9(10)19(13,14)7-8-20(11,15)16/h3-6,12H,2,7-8H2,1H3,(H2,11,15,16). The molecule has 0 aliphatic heterocycles. The van der Waals surface area contributed by atoms with E-state index in [4.69, 9.17) is 5.14 Å². The predicted molar refractivity (Wildman–Crippen MR) is 77.3 cm³/mol. The lowest BCUT2D eigenvalue weighted by molar-refractivity contribution is 0.574. The molecule has 1 rings (SSSR count). The highest BCUT2D eigenvalue weighted by atomic mass is 32.2. The molecule has 0 radical (unpaired) electrons. The van der Waals surface area contributed by atoms with Crippen LogP contribution in [-0.4, -0.2) is 43.3 Å². The van der Waals surface area contributed by atoms with Gasteiger partial charge in [-0.15, -0.1) is 0 Å². The van der Waals surface area contributed by atoms with Crippen molar-refractivity contribution in [2.75, 3.05) is 18.1 Å². The average Bonchev–Trinajstić information content (AvgIpc) is 2.36. The Kier molecular flexibility index (Phi) is 5.50. The number of primary sulfonamides is 1. The van der Waals surface area contributed by atoms with Crippen LogP contribution in [0.1, 0.15) is 6.92 Å². The van der Waals surface area contributed by atoms with Crippen molar-refractivity contribution in [2.45, 2.75) is 16.7 Å². The Morgan fingerprint density at radius 1 is 0.952 bits per heavy atom. The van der Waals surface area contributed by atoms with E-state index >= 15 is 0 Å². The molecule has 0 spiro atoms. The largest absolute Gasteiger partial charge is 0.241 e. The number of benzene rings is 1. The van der Waals surface area contributed by atoms with Crippen LogP contribution in [0.25, 0.3) is 0 Å². The fourth-order valence-corrected chi connectivity index (χ4v) is 6.06. The number of rotatable bonds is 7. The molecular weight excluding hydrogens is 340 g/mol. The minimum atomic E-state index is -4.10. The highest BCUT2D eigenvalue weighted by molar-refractivity contribution is 7.95. The molecule has 0 fully saturated rings. The van der Waals surface area contributed by atoms with Gasteiger partial charge in [-0.2, -0.15) is 0 Å². The third-order valence-corrected chi connectivity index (χ3v) is 6.98. The van der Waals surface area contributed by atoms with Crippen LogP contribution in [0.2, 0.25) is 0 Å². The Morgan fingerprint density at radius 2 is 1.48 bits per heavy atom. The van der Waals surface area contributed by atoms with E-state index in [0.29, 0.717) is 0 Å². The Bertz CT molecular complexity index is 812. The maximum atomic E-state index is 12.1. The molecule has 0 aromatic heterocycles. The summed E-state index contributed by atoms with van der Waals surface area (Å²) in [6.07, 6.45) is 0. The van der Waals surface area contributed by atoms with E-state index in [1.54, 1.807) is 6.92 Å². The zero-order chi connectivity index (χ0) is 16.3. The molecule has 1 aromatic rings. The van der Waals surface area contributed by atoms with Gasteiger partial charge in [0.05, 0.1) is 16.4 Å². The summed E-state index contributed by atoms with van der Waals surface area (Å²) < 4.78 is 72.2. The van der Waals surface area contributed by atoms with Gasteiger partial charge >= 0.3 is 0 Å². The van der Waals surface area contributed by atoms with Crippen molar-refractivity contribution in [3.63, 3.8) is 0 Å². The van der Waals surface area contributed by atoms with Crippen LogP contribution in [-0.2, 0) is 29.9 Å². The molecule has 0 saturated heterocycles. The molecule has 0 saturated carbocycles. The van der Waals surface area contributed by atoms with Gasteiger partial charge in [0.2, 0.25) is 20.0 Å². The van der Waals surface area contributed by atoms with Crippen LogP contribution < -0.4 is 9.86 Å². The Balaban J connectivity index is 3.32. The van der Waals surface area contributed by atoms with E-state index < -0.39 is 51.2 Å². The lowest BCUT2D eigenvalue weighted by Gasteiger charge is -2.11. The molecular formula is C10H16N2O6S3. The minimum Gasteiger partial charge on any atom is -0.229 e. The highest BCUT2D eigenvalue weighted by Crippen LogP contribution is 2.21. The number of hydrogen-bond donors (Lipinski definition) is 2. The van der Waals surface area contributed by atoms with Crippen LogP contribution in [0.15, 0.2) is 34.1 Å².